The maximum absolute atomic E-state index is 13.4. The second-order valence-corrected chi connectivity index (χ2v) is 4.49. The van der Waals surface area contributed by atoms with Gasteiger partial charge in [0.25, 0.3) is 0 Å². The van der Waals surface area contributed by atoms with Crippen molar-refractivity contribution in [3.8, 4) is 0 Å². The summed E-state index contributed by atoms with van der Waals surface area (Å²) in [5, 5.41) is 9.66. The fraction of sp³-hybridized carbons (Fsp3) is 0.500. The Morgan fingerprint density at radius 3 is 2.88 bits per heavy atom. The zero-order valence-corrected chi connectivity index (χ0v) is 10.8. The summed E-state index contributed by atoms with van der Waals surface area (Å²) in [6.07, 6.45) is 0.303. The van der Waals surface area contributed by atoms with Crippen molar-refractivity contribution in [2.75, 3.05) is 13.2 Å². The second-order valence-electron chi connectivity index (χ2n) is 3.58. The van der Waals surface area contributed by atoms with Crippen LogP contribution in [0.2, 0.25) is 0 Å². The predicted molar refractivity (Wildman–Crippen MR) is 64.9 cm³/mol. The molecule has 0 aromatic heterocycles. The lowest BCUT2D eigenvalue weighted by Crippen LogP contribution is -2.14. The summed E-state index contributed by atoms with van der Waals surface area (Å²) in [5.74, 6) is -0.287. The standard InChI is InChI=1S/C12H16BrFO2/c1-2-16-6-5-11(15)7-9-3-4-10(13)8-12(9)14/h3-4,8,11,15H,2,5-7H2,1H3. The van der Waals surface area contributed by atoms with E-state index in [0.29, 0.717) is 36.1 Å². The monoisotopic (exact) mass is 290 g/mol. The minimum atomic E-state index is -0.553. The third-order valence-corrected chi connectivity index (χ3v) is 2.76. The lowest BCUT2D eigenvalue weighted by Gasteiger charge is -2.11. The van der Waals surface area contributed by atoms with Gasteiger partial charge in [-0.05, 0) is 31.0 Å². The molecule has 0 fully saturated rings. The number of aliphatic hydroxyl groups excluding tert-OH is 1. The number of ether oxygens (including phenoxy) is 1. The van der Waals surface area contributed by atoms with Crippen LogP contribution >= 0.6 is 15.9 Å². The molecule has 4 heteroatoms. The number of aliphatic hydroxyl groups is 1. The summed E-state index contributed by atoms with van der Waals surface area (Å²) in [7, 11) is 0. The highest BCUT2D eigenvalue weighted by atomic mass is 79.9. The molecular formula is C12H16BrFO2. The summed E-state index contributed by atoms with van der Waals surface area (Å²) in [4.78, 5) is 0. The van der Waals surface area contributed by atoms with Crippen molar-refractivity contribution in [3.05, 3.63) is 34.1 Å². The van der Waals surface area contributed by atoms with Gasteiger partial charge >= 0.3 is 0 Å². The fourth-order valence-electron chi connectivity index (χ4n) is 1.41. The lowest BCUT2D eigenvalue weighted by molar-refractivity contribution is 0.0883. The third-order valence-electron chi connectivity index (χ3n) is 2.27. The first-order valence-corrected chi connectivity index (χ1v) is 6.12. The summed E-state index contributed by atoms with van der Waals surface area (Å²) >= 11 is 3.19. The van der Waals surface area contributed by atoms with Crippen molar-refractivity contribution in [1.82, 2.24) is 0 Å². The highest BCUT2D eigenvalue weighted by Crippen LogP contribution is 2.17. The van der Waals surface area contributed by atoms with Gasteiger partial charge in [-0.3, -0.25) is 0 Å². The van der Waals surface area contributed by atoms with Gasteiger partial charge in [0, 0.05) is 24.1 Å². The molecule has 1 aromatic rings. The predicted octanol–water partition coefficient (Wildman–Crippen LogP) is 2.92. The zero-order chi connectivity index (χ0) is 12.0. The topological polar surface area (TPSA) is 29.5 Å². The molecular weight excluding hydrogens is 275 g/mol. The van der Waals surface area contributed by atoms with Crippen LogP contribution in [0.4, 0.5) is 4.39 Å². The smallest absolute Gasteiger partial charge is 0.127 e. The van der Waals surface area contributed by atoms with Crippen LogP contribution in [0.1, 0.15) is 18.9 Å². The molecule has 0 heterocycles. The lowest BCUT2D eigenvalue weighted by atomic mass is 10.1. The summed E-state index contributed by atoms with van der Waals surface area (Å²) in [6.45, 7) is 3.05. The van der Waals surface area contributed by atoms with Gasteiger partial charge < -0.3 is 9.84 Å². The van der Waals surface area contributed by atoms with Gasteiger partial charge in [0.1, 0.15) is 5.82 Å². The van der Waals surface area contributed by atoms with E-state index in [9.17, 15) is 9.50 Å². The Kier molecular flexibility index (Phi) is 5.95. The van der Waals surface area contributed by atoms with Crippen molar-refractivity contribution in [1.29, 1.82) is 0 Å². The Hall–Kier alpha value is -0.450. The minimum absolute atomic E-state index is 0.287. The molecule has 0 amide bonds. The van der Waals surface area contributed by atoms with Crippen LogP contribution in [0.25, 0.3) is 0 Å². The van der Waals surface area contributed by atoms with Gasteiger partial charge in [-0.1, -0.05) is 22.0 Å². The molecule has 0 saturated carbocycles. The molecule has 0 spiro atoms. The van der Waals surface area contributed by atoms with E-state index in [1.165, 1.54) is 6.07 Å². The van der Waals surface area contributed by atoms with Crippen LogP contribution in [-0.2, 0) is 11.2 Å². The molecule has 1 atom stereocenters. The zero-order valence-electron chi connectivity index (χ0n) is 9.25. The molecule has 0 radical (unpaired) electrons. The van der Waals surface area contributed by atoms with Crippen LogP contribution in [-0.4, -0.2) is 24.4 Å². The van der Waals surface area contributed by atoms with E-state index in [0.717, 1.165) is 0 Å². The van der Waals surface area contributed by atoms with Gasteiger partial charge in [0.05, 0.1) is 6.10 Å². The number of hydrogen-bond donors (Lipinski definition) is 1. The average Bonchev–Trinajstić information content (AvgIpc) is 2.23. The maximum atomic E-state index is 13.4. The molecule has 0 aliphatic rings. The van der Waals surface area contributed by atoms with Crippen LogP contribution in [0.3, 0.4) is 0 Å². The molecule has 0 aliphatic carbocycles. The van der Waals surface area contributed by atoms with Crippen LogP contribution in [0.5, 0.6) is 0 Å². The quantitative estimate of drug-likeness (QED) is 0.817. The molecule has 90 valence electrons. The van der Waals surface area contributed by atoms with Crippen LogP contribution < -0.4 is 0 Å². The van der Waals surface area contributed by atoms with E-state index in [4.69, 9.17) is 4.74 Å². The van der Waals surface area contributed by atoms with E-state index < -0.39 is 6.10 Å². The van der Waals surface area contributed by atoms with Gasteiger partial charge in [-0.15, -0.1) is 0 Å². The molecule has 2 nitrogen and oxygen atoms in total. The third kappa shape index (κ3) is 4.60. The number of halogens is 2. The first-order valence-electron chi connectivity index (χ1n) is 5.33. The SMILES string of the molecule is CCOCCC(O)Cc1ccc(Br)cc1F. The van der Waals surface area contributed by atoms with Gasteiger partial charge in [-0.2, -0.15) is 0 Å². The average molecular weight is 291 g/mol. The van der Waals surface area contributed by atoms with Crippen molar-refractivity contribution < 1.29 is 14.2 Å². The first-order chi connectivity index (χ1) is 7.63. The highest BCUT2D eigenvalue weighted by molar-refractivity contribution is 9.10. The van der Waals surface area contributed by atoms with E-state index in [1.54, 1.807) is 12.1 Å². The van der Waals surface area contributed by atoms with Crippen LogP contribution in [0.15, 0.2) is 22.7 Å². The normalized spacial score (nSPS) is 12.8. The second kappa shape index (κ2) is 6.99. The Morgan fingerprint density at radius 1 is 1.50 bits per heavy atom. The van der Waals surface area contributed by atoms with E-state index in [2.05, 4.69) is 15.9 Å². The summed E-state index contributed by atoms with van der Waals surface area (Å²) in [6, 6.07) is 4.86. The van der Waals surface area contributed by atoms with Crippen molar-refractivity contribution >= 4 is 15.9 Å². The number of benzene rings is 1. The van der Waals surface area contributed by atoms with E-state index in [1.807, 2.05) is 6.92 Å². The van der Waals surface area contributed by atoms with Gasteiger partial charge in [0.15, 0.2) is 0 Å². The molecule has 0 aliphatic heterocycles. The van der Waals surface area contributed by atoms with Crippen LogP contribution in [0, 0.1) is 5.82 Å². The molecule has 1 unspecified atom stereocenters. The molecule has 1 aromatic carbocycles. The van der Waals surface area contributed by atoms with Crippen molar-refractivity contribution in [3.63, 3.8) is 0 Å². The molecule has 1 N–H and O–H groups in total. The Bertz CT molecular complexity index is 331. The summed E-state index contributed by atoms with van der Waals surface area (Å²) < 4.78 is 19.3. The Labute approximate surface area is 104 Å². The van der Waals surface area contributed by atoms with E-state index in [-0.39, 0.29) is 5.82 Å². The molecule has 16 heavy (non-hydrogen) atoms. The minimum Gasteiger partial charge on any atom is -0.393 e. The molecule has 0 bridgehead atoms. The highest BCUT2D eigenvalue weighted by Gasteiger charge is 2.09. The fourth-order valence-corrected chi connectivity index (χ4v) is 1.74. The van der Waals surface area contributed by atoms with Crippen molar-refractivity contribution in [2.24, 2.45) is 0 Å². The molecule has 0 saturated heterocycles. The first kappa shape index (κ1) is 13.6. The Morgan fingerprint density at radius 2 is 2.25 bits per heavy atom. The van der Waals surface area contributed by atoms with Crippen molar-refractivity contribution in [2.45, 2.75) is 25.9 Å². The number of hydrogen-bond acceptors (Lipinski definition) is 2. The number of rotatable bonds is 6. The van der Waals surface area contributed by atoms with Gasteiger partial charge in [-0.25, -0.2) is 4.39 Å². The Balaban J connectivity index is 2.46. The van der Waals surface area contributed by atoms with Gasteiger partial charge in [0.2, 0.25) is 0 Å². The molecule has 1 rings (SSSR count). The van der Waals surface area contributed by atoms with E-state index >= 15 is 0 Å². The maximum Gasteiger partial charge on any atom is 0.127 e. The largest absolute Gasteiger partial charge is 0.393 e. The summed E-state index contributed by atoms with van der Waals surface area (Å²) in [5.41, 5.74) is 0.534.